The number of hydrogen-bond donors (Lipinski definition) is 1. The van der Waals surface area contributed by atoms with Gasteiger partial charge in [-0.3, -0.25) is 14.7 Å². The summed E-state index contributed by atoms with van der Waals surface area (Å²) in [5.41, 5.74) is 3.88. The topological polar surface area (TPSA) is 69.0 Å². The zero-order chi connectivity index (χ0) is 20.1. The van der Waals surface area contributed by atoms with Gasteiger partial charge < -0.3 is 5.32 Å². The normalized spacial score (nSPS) is 18.4. The van der Waals surface area contributed by atoms with Crippen LogP contribution in [0.3, 0.4) is 0 Å². The van der Waals surface area contributed by atoms with Gasteiger partial charge in [0.25, 0.3) is 0 Å². The maximum absolute atomic E-state index is 13.3. The molecule has 5 nitrogen and oxygen atoms in total. The Hall–Kier alpha value is -2.71. The second kappa shape index (κ2) is 8.75. The SMILES string of the molecule is N#Cc1ccc2c(c1)CN(CCC1(C(=O)Nc3ccncc3)CCCCC1)CC2. The standard InChI is InChI=1S/C24H28N4O/c25-17-19-4-5-20-8-14-28(18-21(20)16-19)15-11-24(9-2-1-3-10-24)23(29)27-22-6-12-26-13-7-22/h4-7,12-13,16H,1-3,8-11,14-15,18H2,(H,26,27,29). The van der Waals surface area contributed by atoms with E-state index in [4.69, 9.17) is 0 Å². The van der Waals surface area contributed by atoms with Crippen molar-refractivity contribution in [3.8, 4) is 6.07 Å². The number of rotatable bonds is 5. The van der Waals surface area contributed by atoms with Gasteiger partial charge in [0.15, 0.2) is 0 Å². The van der Waals surface area contributed by atoms with E-state index in [2.05, 4.69) is 27.3 Å². The fourth-order valence-electron chi connectivity index (χ4n) is 4.77. The lowest BCUT2D eigenvalue weighted by Gasteiger charge is -2.38. The molecule has 29 heavy (non-hydrogen) atoms. The van der Waals surface area contributed by atoms with Crippen LogP contribution < -0.4 is 5.32 Å². The first-order valence-corrected chi connectivity index (χ1v) is 10.6. The molecule has 1 aliphatic carbocycles. The number of fused-ring (bicyclic) bond motifs is 1. The summed E-state index contributed by atoms with van der Waals surface area (Å²) in [6.45, 7) is 2.80. The van der Waals surface area contributed by atoms with Gasteiger partial charge in [0.2, 0.25) is 5.91 Å². The Morgan fingerprint density at radius 2 is 1.93 bits per heavy atom. The fourth-order valence-corrected chi connectivity index (χ4v) is 4.77. The Morgan fingerprint density at radius 3 is 2.69 bits per heavy atom. The van der Waals surface area contributed by atoms with E-state index in [-0.39, 0.29) is 11.3 Å². The second-order valence-electron chi connectivity index (χ2n) is 8.40. The van der Waals surface area contributed by atoms with E-state index >= 15 is 0 Å². The van der Waals surface area contributed by atoms with Crippen molar-refractivity contribution >= 4 is 11.6 Å². The van der Waals surface area contributed by atoms with Gasteiger partial charge in [-0.25, -0.2) is 0 Å². The third-order valence-electron chi connectivity index (χ3n) is 6.56. The molecular weight excluding hydrogens is 360 g/mol. The van der Waals surface area contributed by atoms with Crippen molar-refractivity contribution in [3.05, 3.63) is 59.4 Å². The minimum absolute atomic E-state index is 0.160. The van der Waals surface area contributed by atoms with Crippen molar-refractivity contribution in [2.24, 2.45) is 5.41 Å². The summed E-state index contributed by atoms with van der Waals surface area (Å²) in [7, 11) is 0. The molecule has 2 aromatic rings. The maximum Gasteiger partial charge on any atom is 0.230 e. The highest BCUT2D eigenvalue weighted by Gasteiger charge is 2.39. The number of pyridine rings is 1. The predicted octanol–water partition coefficient (Wildman–Crippen LogP) is 4.29. The molecule has 0 atom stereocenters. The van der Waals surface area contributed by atoms with Gasteiger partial charge in [-0.2, -0.15) is 5.26 Å². The average molecular weight is 389 g/mol. The summed E-state index contributed by atoms with van der Waals surface area (Å²) in [6, 6.07) is 12.0. The molecule has 4 rings (SSSR count). The predicted molar refractivity (Wildman–Crippen MR) is 113 cm³/mol. The van der Waals surface area contributed by atoms with Crippen LogP contribution in [-0.2, 0) is 17.8 Å². The van der Waals surface area contributed by atoms with Gasteiger partial charge in [0.1, 0.15) is 0 Å². The lowest BCUT2D eigenvalue weighted by molar-refractivity contribution is -0.128. The van der Waals surface area contributed by atoms with Gasteiger partial charge in [0, 0.05) is 31.2 Å². The summed E-state index contributed by atoms with van der Waals surface area (Å²) < 4.78 is 0. The summed E-state index contributed by atoms with van der Waals surface area (Å²) in [5.74, 6) is 0.160. The monoisotopic (exact) mass is 388 g/mol. The Bertz CT molecular complexity index is 897. The van der Waals surface area contributed by atoms with Crippen molar-refractivity contribution in [2.75, 3.05) is 18.4 Å². The van der Waals surface area contributed by atoms with Crippen LogP contribution in [0.5, 0.6) is 0 Å². The summed E-state index contributed by atoms with van der Waals surface area (Å²) >= 11 is 0. The second-order valence-corrected chi connectivity index (χ2v) is 8.40. The average Bonchev–Trinajstić information content (AvgIpc) is 2.78. The number of carbonyl (C=O) groups is 1. The number of nitrogens with one attached hydrogen (secondary N) is 1. The smallest absolute Gasteiger partial charge is 0.230 e. The molecule has 0 unspecified atom stereocenters. The van der Waals surface area contributed by atoms with Crippen molar-refractivity contribution < 1.29 is 4.79 Å². The molecule has 1 N–H and O–H groups in total. The number of nitrogens with zero attached hydrogens (tertiary/aromatic N) is 3. The molecule has 0 spiro atoms. The lowest BCUT2D eigenvalue weighted by Crippen LogP contribution is -2.42. The van der Waals surface area contributed by atoms with Gasteiger partial charge >= 0.3 is 0 Å². The minimum atomic E-state index is -0.281. The molecule has 1 amide bonds. The van der Waals surface area contributed by atoms with E-state index < -0.39 is 0 Å². The van der Waals surface area contributed by atoms with Crippen LogP contribution >= 0.6 is 0 Å². The highest BCUT2D eigenvalue weighted by molar-refractivity contribution is 5.95. The molecule has 1 aromatic carbocycles. The number of carbonyl (C=O) groups excluding carboxylic acids is 1. The molecule has 0 saturated heterocycles. The third kappa shape index (κ3) is 4.49. The fraction of sp³-hybridized carbons (Fsp3) is 0.458. The van der Waals surface area contributed by atoms with E-state index in [0.29, 0.717) is 0 Å². The number of nitriles is 1. The first kappa shape index (κ1) is 19.6. The first-order valence-electron chi connectivity index (χ1n) is 10.6. The third-order valence-corrected chi connectivity index (χ3v) is 6.56. The largest absolute Gasteiger partial charge is 0.325 e. The molecule has 2 heterocycles. The van der Waals surface area contributed by atoms with Gasteiger partial charge in [-0.1, -0.05) is 25.3 Å². The Morgan fingerprint density at radius 1 is 1.14 bits per heavy atom. The van der Waals surface area contributed by atoms with Crippen molar-refractivity contribution in [2.45, 2.75) is 51.5 Å². The summed E-state index contributed by atoms with van der Waals surface area (Å²) in [4.78, 5) is 19.7. The molecule has 0 radical (unpaired) electrons. The number of anilines is 1. The Kier molecular flexibility index (Phi) is 5.92. The van der Waals surface area contributed by atoms with Crippen LogP contribution in [0.25, 0.3) is 0 Å². The molecule has 2 aliphatic rings. The van der Waals surface area contributed by atoms with Crippen LogP contribution in [0.4, 0.5) is 5.69 Å². The summed E-state index contributed by atoms with van der Waals surface area (Å²) in [6.07, 6.45) is 10.7. The molecule has 0 bridgehead atoms. The van der Waals surface area contributed by atoms with Gasteiger partial charge in [-0.05, 0) is 67.6 Å². The van der Waals surface area contributed by atoms with E-state index in [1.54, 1.807) is 12.4 Å². The highest BCUT2D eigenvalue weighted by atomic mass is 16.2. The zero-order valence-corrected chi connectivity index (χ0v) is 16.9. The van der Waals surface area contributed by atoms with E-state index in [9.17, 15) is 10.1 Å². The summed E-state index contributed by atoms with van der Waals surface area (Å²) in [5, 5.41) is 12.3. The van der Waals surface area contributed by atoms with Gasteiger partial charge in [-0.15, -0.1) is 0 Å². The quantitative estimate of drug-likeness (QED) is 0.829. The molecule has 150 valence electrons. The zero-order valence-electron chi connectivity index (χ0n) is 16.9. The van der Waals surface area contributed by atoms with Crippen molar-refractivity contribution in [1.29, 1.82) is 5.26 Å². The van der Waals surface area contributed by atoms with Crippen molar-refractivity contribution in [1.82, 2.24) is 9.88 Å². The molecule has 1 aliphatic heterocycles. The number of hydrogen-bond acceptors (Lipinski definition) is 4. The molecule has 5 heteroatoms. The van der Waals surface area contributed by atoms with Gasteiger partial charge in [0.05, 0.1) is 17.0 Å². The lowest BCUT2D eigenvalue weighted by atomic mass is 9.71. The molecular formula is C24H28N4O. The van der Waals surface area contributed by atoms with Crippen LogP contribution in [-0.4, -0.2) is 28.9 Å². The number of amides is 1. The number of aromatic nitrogens is 1. The van der Waals surface area contributed by atoms with E-state index in [1.807, 2.05) is 24.3 Å². The van der Waals surface area contributed by atoms with Crippen LogP contribution in [0.2, 0.25) is 0 Å². The van der Waals surface area contributed by atoms with E-state index in [1.165, 1.54) is 17.5 Å². The van der Waals surface area contributed by atoms with Crippen LogP contribution in [0.1, 0.15) is 55.2 Å². The minimum Gasteiger partial charge on any atom is -0.325 e. The highest BCUT2D eigenvalue weighted by Crippen LogP contribution is 2.41. The van der Waals surface area contributed by atoms with Crippen LogP contribution in [0.15, 0.2) is 42.7 Å². The molecule has 1 saturated carbocycles. The first-order chi connectivity index (χ1) is 14.2. The molecule has 1 aromatic heterocycles. The Labute approximate surface area is 172 Å². The van der Waals surface area contributed by atoms with E-state index in [0.717, 1.165) is 69.4 Å². The Balaban J connectivity index is 1.43. The number of benzene rings is 1. The van der Waals surface area contributed by atoms with Crippen molar-refractivity contribution in [3.63, 3.8) is 0 Å². The van der Waals surface area contributed by atoms with Crippen LogP contribution in [0, 0.1) is 16.7 Å². The molecule has 1 fully saturated rings. The maximum atomic E-state index is 13.3.